The number of carbonyl (C=O) groups excluding carboxylic acids is 2. The largest absolute Gasteiger partial charge is 0.490 e. The summed E-state index contributed by atoms with van der Waals surface area (Å²) in [5, 5.41) is 2.43. The van der Waals surface area contributed by atoms with Gasteiger partial charge in [0, 0.05) is 6.61 Å². The summed E-state index contributed by atoms with van der Waals surface area (Å²) in [7, 11) is 0. The lowest BCUT2D eigenvalue weighted by molar-refractivity contribution is 0.0928. The summed E-state index contributed by atoms with van der Waals surface area (Å²) in [6, 6.07) is 13.5. The summed E-state index contributed by atoms with van der Waals surface area (Å²) in [6.07, 6.45) is 1.58. The second-order valence-corrected chi connectivity index (χ2v) is 6.41. The Balaban J connectivity index is 1.91. The second-order valence-electron chi connectivity index (χ2n) is 6.00. The lowest BCUT2D eigenvalue weighted by atomic mass is 10.2. The van der Waals surface area contributed by atoms with E-state index < -0.39 is 11.8 Å². The van der Waals surface area contributed by atoms with Gasteiger partial charge in [-0.05, 0) is 43.4 Å². The Hall–Kier alpha value is -3.43. The molecular formula is C22H25N3O5S. The van der Waals surface area contributed by atoms with Crippen LogP contribution < -0.4 is 25.6 Å². The molecule has 0 atom stereocenters. The molecule has 0 unspecified atom stereocenters. The maximum atomic E-state index is 12.6. The lowest BCUT2D eigenvalue weighted by Gasteiger charge is -2.14. The van der Waals surface area contributed by atoms with E-state index in [0.717, 1.165) is 0 Å². The highest BCUT2D eigenvalue weighted by Gasteiger charge is 2.15. The second kappa shape index (κ2) is 13.0. The lowest BCUT2D eigenvalue weighted by Crippen LogP contribution is -2.48. The zero-order valence-corrected chi connectivity index (χ0v) is 18.0. The number of para-hydroxylation sites is 2. The molecule has 0 aliphatic carbocycles. The molecular weight excluding hydrogens is 418 g/mol. The molecule has 9 heteroatoms. The van der Waals surface area contributed by atoms with Crippen LogP contribution in [0.15, 0.2) is 61.2 Å². The molecule has 2 amide bonds. The average Bonchev–Trinajstić information content (AvgIpc) is 2.79. The summed E-state index contributed by atoms with van der Waals surface area (Å²) >= 11 is 5.10. The van der Waals surface area contributed by atoms with E-state index in [1.54, 1.807) is 54.6 Å². The first-order valence-corrected chi connectivity index (χ1v) is 10.0. The quantitative estimate of drug-likeness (QED) is 0.225. The Labute approximate surface area is 186 Å². The highest BCUT2D eigenvalue weighted by molar-refractivity contribution is 7.80. The van der Waals surface area contributed by atoms with E-state index in [1.807, 2.05) is 6.92 Å². The maximum Gasteiger partial charge on any atom is 0.273 e. The Kier molecular flexibility index (Phi) is 9.99. The van der Waals surface area contributed by atoms with E-state index in [4.69, 9.17) is 26.4 Å². The van der Waals surface area contributed by atoms with Crippen molar-refractivity contribution in [2.24, 2.45) is 0 Å². The molecule has 0 aliphatic heterocycles. The predicted octanol–water partition coefficient (Wildman–Crippen LogP) is 2.62. The molecule has 2 aromatic carbocycles. The molecule has 0 aliphatic rings. The van der Waals surface area contributed by atoms with E-state index in [2.05, 4.69) is 22.7 Å². The van der Waals surface area contributed by atoms with Crippen LogP contribution in [-0.2, 0) is 4.74 Å². The number of hydrogen-bond donors (Lipinski definition) is 3. The van der Waals surface area contributed by atoms with E-state index in [-0.39, 0.29) is 11.7 Å². The average molecular weight is 444 g/mol. The van der Waals surface area contributed by atoms with Gasteiger partial charge in [-0.3, -0.25) is 25.8 Å². The number of nitrogens with one attached hydrogen (secondary N) is 3. The molecule has 0 aromatic heterocycles. The van der Waals surface area contributed by atoms with Crippen LogP contribution in [0.5, 0.6) is 11.5 Å². The van der Waals surface area contributed by atoms with Crippen molar-refractivity contribution in [2.45, 2.75) is 6.92 Å². The Morgan fingerprint density at radius 1 is 0.935 bits per heavy atom. The van der Waals surface area contributed by atoms with Crippen LogP contribution in [0.3, 0.4) is 0 Å². The molecule has 0 spiro atoms. The molecule has 0 radical (unpaired) electrons. The molecule has 164 valence electrons. The topological polar surface area (TPSA) is 97.9 Å². The van der Waals surface area contributed by atoms with Crippen molar-refractivity contribution in [2.75, 3.05) is 26.4 Å². The maximum absolute atomic E-state index is 12.6. The van der Waals surface area contributed by atoms with Crippen molar-refractivity contribution in [3.8, 4) is 11.5 Å². The first-order chi connectivity index (χ1) is 15.1. The molecule has 0 fully saturated rings. The fraction of sp³-hybridized carbons (Fsp3) is 0.227. The Bertz CT molecular complexity index is 920. The van der Waals surface area contributed by atoms with Crippen LogP contribution in [0.4, 0.5) is 0 Å². The van der Waals surface area contributed by atoms with Gasteiger partial charge in [0.25, 0.3) is 11.8 Å². The van der Waals surface area contributed by atoms with Crippen LogP contribution >= 0.6 is 12.2 Å². The highest BCUT2D eigenvalue weighted by Crippen LogP contribution is 2.18. The number of benzene rings is 2. The molecule has 3 N–H and O–H groups in total. The summed E-state index contributed by atoms with van der Waals surface area (Å²) in [5.41, 5.74) is 5.55. The van der Waals surface area contributed by atoms with Crippen molar-refractivity contribution in [3.05, 3.63) is 72.3 Å². The fourth-order valence-corrected chi connectivity index (χ4v) is 2.59. The van der Waals surface area contributed by atoms with Gasteiger partial charge in [0.05, 0.1) is 17.7 Å². The highest BCUT2D eigenvalue weighted by atomic mass is 32.1. The van der Waals surface area contributed by atoms with Gasteiger partial charge < -0.3 is 14.2 Å². The number of ether oxygens (including phenoxy) is 3. The summed E-state index contributed by atoms with van der Waals surface area (Å²) in [5.74, 6) is -0.154. The molecule has 31 heavy (non-hydrogen) atoms. The Morgan fingerprint density at radius 2 is 1.55 bits per heavy atom. The summed E-state index contributed by atoms with van der Waals surface area (Å²) < 4.78 is 16.3. The third kappa shape index (κ3) is 7.72. The van der Waals surface area contributed by atoms with E-state index in [9.17, 15) is 9.59 Å². The third-order valence-electron chi connectivity index (χ3n) is 3.83. The van der Waals surface area contributed by atoms with E-state index >= 15 is 0 Å². The van der Waals surface area contributed by atoms with Crippen LogP contribution in [0.2, 0.25) is 0 Å². The minimum absolute atomic E-state index is 0.0769. The molecule has 0 saturated heterocycles. The van der Waals surface area contributed by atoms with Crippen molar-refractivity contribution in [1.82, 2.24) is 16.2 Å². The van der Waals surface area contributed by atoms with Gasteiger partial charge in [-0.1, -0.05) is 36.9 Å². The van der Waals surface area contributed by atoms with Gasteiger partial charge in [0.2, 0.25) is 0 Å². The van der Waals surface area contributed by atoms with Gasteiger partial charge in [0.15, 0.2) is 5.11 Å². The first-order valence-electron chi connectivity index (χ1n) is 9.60. The SMILES string of the molecule is C=CCOc1ccccc1C(=O)NNC(=S)NC(=O)c1ccccc1OCCOCC. The normalized spacial score (nSPS) is 9.97. The monoisotopic (exact) mass is 443 g/mol. The van der Waals surface area contributed by atoms with Crippen LogP contribution in [-0.4, -0.2) is 43.4 Å². The molecule has 2 aromatic rings. The van der Waals surface area contributed by atoms with Gasteiger partial charge in [0.1, 0.15) is 24.7 Å². The number of hydrazine groups is 1. The van der Waals surface area contributed by atoms with Crippen molar-refractivity contribution >= 4 is 29.1 Å². The molecule has 2 rings (SSSR count). The smallest absolute Gasteiger partial charge is 0.273 e. The van der Waals surface area contributed by atoms with Crippen molar-refractivity contribution in [3.63, 3.8) is 0 Å². The van der Waals surface area contributed by atoms with Crippen LogP contribution in [0, 0.1) is 0 Å². The van der Waals surface area contributed by atoms with Gasteiger partial charge in [-0.15, -0.1) is 0 Å². The van der Waals surface area contributed by atoms with Gasteiger partial charge in [-0.2, -0.15) is 0 Å². The summed E-state index contributed by atoms with van der Waals surface area (Å²) in [6.45, 7) is 7.04. The Morgan fingerprint density at radius 3 is 2.19 bits per heavy atom. The van der Waals surface area contributed by atoms with Crippen molar-refractivity contribution in [1.29, 1.82) is 0 Å². The first kappa shape index (κ1) is 23.8. The van der Waals surface area contributed by atoms with Crippen molar-refractivity contribution < 1.29 is 23.8 Å². The molecule has 0 saturated carbocycles. The van der Waals surface area contributed by atoms with Crippen LogP contribution in [0.25, 0.3) is 0 Å². The number of carbonyl (C=O) groups is 2. The van der Waals surface area contributed by atoms with Gasteiger partial charge in [-0.25, -0.2) is 0 Å². The summed E-state index contributed by atoms with van der Waals surface area (Å²) in [4.78, 5) is 25.0. The molecule has 0 bridgehead atoms. The molecule has 0 heterocycles. The number of thiocarbonyl (C=S) groups is 1. The minimum atomic E-state index is -0.478. The zero-order valence-electron chi connectivity index (χ0n) is 17.2. The number of amides is 2. The van der Waals surface area contributed by atoms with Crippen LogP contribution in [0.1, 0.15) is 27.6 Å². The predicted molar refractivity (Wildman–Crippen MR) is 121 cm³/mol. The standard InChI is InChI=1S/C22H25N3O5S/c1-3-13-29-19-12-8-6-10-17(19)21(27)24-25-22(31)23-20(26)16-9-5-7-11-18(16)30-15-14-28-4-2/h3,5-12H,1,4,13-15H2,2H3,(H,24,27)(H2,23,25,26,31). The zero-order chi connectivity index (χ0) is 22.5. The minimum Gasteiger partial charge on any atom is -0.490 e. The van der Waals surface area contributed by atoms with E-state index in [1.165, 1.54) is 0 Å². The number of rotatable bonds is 10. The number of hydrogen-bond acceptors (Lipinski definition) is 6. The fourth-order valence-electron chi connectivity index (χ4n) is 2.45. The third-order valence-corrected chi connectivity index (χ3v) is 4.03. The van der Waals surface area contributed by atoms with Gasteiger partial charge >= 0.3 is 0 Å². The van der Waals surface area contributed by atoms with E-state index in [0.29, 0.717) is 42.4 Å². The molecule has 8 nitrogen and oxygen atoms in total.